The lowest BCUT2D eigenvalue weighted by atomic mass is 9.84. The van der Waals surface area contributed by atoms with Crippen molar-refractivity contribution in [2.45, 2.75) is 51.1 Å². The molecule has 6 nitrogen and oxygen atoms in total. The summed E-state index contributed by atoms with van der Waals surface area (Å²) in [4.78, 5) is 34.0. The molecule has 4 rings (SSSR count). The van der Waals surface area contributed by atoms with E-state index in [0.29, 0.717) is 25.8 Å². The number of imidazole rings is 1. The van der Waals surface area contributed by atoms with E-state index in [0.717, 1.165) is 24.4 Å². The molecule has 6 heteroatoms. The number of carbonyl (C=O) groups is 2. The summed E-state index contributed by atoms with van der Waals surface area (Å²) in [7, 11) is 1.79. The zero-order chi connectivity index (χ0) is 22.6. The summed E-state index contributed by atoms with van der Waals surface area (Å²) in [5.74, 6) is 0.900. The highest BCUT2D eigenvalue weighted by molar-refractivity contribution is 5.80. The van der Waals surface area contributed by atoms with Crippen molar-refractivity contribution in [2.24, 2.45) is 0 Å². The second kappa shape index (κ2) is 9.39. The molecule has 1 aliphatic heterocycles. The Morgan fingerprint density at radius 3 is 2.44 bits per heavy atom. The maximum atomic E-state index is 12.8. The van der Waals surface area contributed by atoms with Crippen LogP contribution in [0.15, 0.2) is 60.8 Å². The number of aryl methyl sites for hydroxylation is 1. The van der Waals surface area contributed by atoms with Crippen molar-refractivity contribution in [3.63, 3.8) is 0 Å². The number of nitrogens with zero attached hydrogens (tertiary/aromatic N) is 2. The first kappa shape index (κ1) is 21.8. The standard InChI is InChI=1S/C26H30N4O2/c1-19-17-27-23(28-19)18-30(2)25(32)13-15-26(14-12-24(31)29-26)16-20-8-10-22(11-9-20)21-6-4-3-5-7-21/h3-11,17H,12-16,18H2,1-2H3,(H,27,28)(H,29,31)/t26-/m0/s1. The second-order valence-electron chi connectivity index (χ2n) is 8.83. The Balaban J connectivity index is 1.40. The summed E-state index contributed by atoms with van der Waals surface area (Å²) < 4.78 is 0. The van der Waals surface area contributed by atoms with Crippen LogP contribution in [0.5, 0.6) is 0 Å². The summed E-state index contributed by atoms with van der Waals surface area (Å²) in [5, 5.41) is 3.18. The molecule has 32 heavy (non-hydrogen) atoms. The molecule has 1 atom stereocenters. The number of carbonyl (C=O) groups excluding carboxylic acids is 2. The fourth-order valence-corrected chi connectivity index (χ4v) is 4.42. The van der Waals surface area contributed by atoms with Gasteiger partial charge < -0.3 is 15.2 Å². The minimum absolute atomic E-state index is 0.0546. The van der Waals surface area contributed by atoms with Crippen LogP contribution in [0.3, 0.4) is 0 Å². The summed E-state index contributed by atoms with van der Waals surface area (Å²) in [6.07, 6.45) is 4.76. The molecule has 0 saturated carbocycles. The number of benzene rings is 2. The highest BCUT2D eigenvalue weighted by Gasteiger charge is 2.38. The van der Waals surface area contributed by atoms with Crippen molar-refractivity contribution in [2.75, 3.05) is 7.05 Å². The molecule has 1 saturated heterocycles. The highest BCUT2D eigenvalue weighted by Crippen LogP contribution is 2.31. The Morgan fingerprint density at radius 1 is 1.09 bits per heavy atom. The Labute approximate surface area is 189 Å². The minimum Gasteiger partial charge on any atom is -0.350 e. The number of rotatable bonds is 8. The van der Waals surface area contributed by atoms with Gasteiger partial charge in [0.05, 0.1) is 6.54 Å². The van der Waals surface area contributed by atoms with Gasteiger partial charge in [0.15, 0.2) is 0 Å². The van der Waals surface area contributed by atoms with Crippen molar-refractivity contribution in [1.82, 2.24) is 20.2 Å². The SMILES string of the molecule is Cc1cnc(CN(C)C(=O)CC[C@]2(Cc3ccc(-c4ccccc4)cc3)CCC(=O)N2)[nH]1. The van der Waals surface area contributed by atoms with Gasteiger partial charge in [-0.1, -0.05) is 54.6 Å². The molecule has 0 radical (unpaired) electrons. The van der Waals surface area contributed by atoms with Crippen LogP contribution >= 0.6 is 0 Å². The summed E-state index contributed by atoms with van der Waals surface area (Å²) in [6, 6.07) is 18.8. The maximum absolute atomic E-state index is 12.8. The third kappa shape index (κ3) is 5.25. The molecule has 0 aliphatic carbocycles. The first-order chi connectivity index (χ1) is 15.4. The van der Waals surface area contributed by atoms with Crippen LogP contribution in [0.4, 0.5) is 0 Å². The fraction of sp³-hybridized carbons (Fsp3) is 0.346. The highest BCUT2D eigenvalue weighted by atomic mass is 16.2. The van der Waals surface area contributed by atoms with Crippen LogP contribution in [-0.4, -0.2) is 39.3 Å². The molecule has 2 amide bonds. The molecule has 3 aromatic rings. The Bertz CT molecular complexity index is 1070. The lowest BCUT2D eigenvalue weighted by Crippen LogP contribution is -2.44. The topological polar surface area (TPSA) is 78.1 Å². The summed E-state index contributed by atoms with van der Waals surface area (Å²) in [6.45, 7) is 2.39. The third-order valence-corrected chi connectivity index (χ3v) is 6.22. The van der Waals surface area contributed by atoms with Crippen molar-refractivity contribution in [3.8, 4) is 11.1 Å². The van der Waals surface area contributed by atoms with Crippen molar-refractivity contribution in [3.05, 3.63) is 77.9 Å². The van der Waals surface area contributed by atoms with E-state index in [2.05, 4.69) is 51.7 Å². The van der Waals surface area contributed by atoms with Crippen LogP contribution in [-0.2, 0) is 22.6 Å². The number of hydrogen-bond acceptors (Lipinski definition) is 3. The fourth-order valence-electron chi connectivity index (χ4n) is 4.42. The molecular weight excluding hydrogens is 400 g/mol. The molecule has 2 heterocycles. The molecule has 1 aliphatic rings. The average Bonchev–Trinajstić information content (AvgIpc) is 3.38. The first-order valence-corrected chi connectivity index (χ1v) is 11.1. The Hall–Kier alpha value is -3.41. The van der Waals surface area contributed by atoms with Crippen LogP contribution in [0.2, 0.25) is 0 Å². The van der Waals surface area contributed by atoms with Crippen LogP contribution in [0.25, 0.3) is 11.1 Å². The van der Waals surface area contributed by atoms with E-state index in [1.165, 1.54) is 16.7 Å². The number of amides is 2. The van der Waals surface area contributed by atoms with E-state index >= 15 is 0 Å². The quantitative estimate of drug-likeness (QED) is 0.567. The largest absolute Gasteiger partial charge is 0.350 e. The van der Waals surface area contributed by atoms with Crippen LogP contribution in [0.1, 0.15) is 42.8 Å². The molecule has 0 bridgehead atoms. The van der Waals surface area contributed by atoms with Gasteiger partial charge in [0.2, 0.25) is 11.8 Å². The molecule has 0 spiro atoms. The zero-order valence-corrected chi connectivity index (χ0v) is 18.7. The number of hydrogen-bond donors (Lipinski definition) is 2. The monoisotopic (exact) mass is 430 g/mol. The predicted octanol–water partition coefficient (Wildman–Crippen LogP) is 4.02. The van der Waals surface area contributed by atoms with Gasteiger partial charge in [0, 0.05) is 37.3 Å². The number of nitrogens with one attached hydrogen (secondary N) is 2. The van der Waals surface area contributed by atoms with E-state index in [4.69, 9.17) is 0 Å². The molecule has 2 N–H and O–H groups in total. The van der Waals surface area contributed by atoms with Gasteiger partial charge in [0.25, 0.3) is 0 Å². The van der Waals surface area contributed by atoms with Crippen molar-refractivity contribution >= 4 is 11.8 Å². The number of aromatic nitrogens is 2. The minimum atomic E-state index is -0.372. The molecule has 166 valence electrons. The van der Waals surface area contributed by atoms with Gasteiger partial charge >= 0.3 is 0 Å². The third-order valence-electron chi connectivity index (χ3n) is 6.22. The molecule has 1 aromatic heterocycles. The normalized spacial score (nSPS) is 17.9. The van der Waals surface area contributed by atoms with Gasteiger partial charge in [-0.15, -0.1) is 0 Å². The van der Waals surface area contributed by atoms with E-state index in [1.807, 2.05) is 25.1 Å². The van der Waals surface area contributed by atoms with Gasteiger partial charge in [0.1, 0.15) is 5.82 Å². The summed E-state index contributed by atoms with van der Waals surface area (Å²) >= 11 is 0. The molecule has 1 fully saturated rings. The molecular formula is C26H30N4O2. The lowest BCUT2D eigenvalue weighted by molar-refractivity contribution is -0.131. The van der Waals surface area contributed by atoms with Crippen LogP contribution < -0.4 is 5.32 Å². The van der Waals surface area contributed by atoms with Gasteiger partial charge in [-0.3, -0.25) is 9.59 Å². The zero-order valence-electron chi connectivity index (χ0n) is 18.7. The molecule has 0 unspecified atom stereocenters. The number of aromatic amines is 1. The lowest BCUT2D eigenvalue weighted by Gasteiger charge is -2.30. The Kier molecular flexibility index (Phi) is 6.40. The van der Waals surface area contributed by atoms with Gasteiger partial charge in [-0.25, -0.2) is 4.98 Å². The molecule has 2 aromatic carbocycles. The van der Waals surface area contributed by atoms with Gasteiger partial charge in [-0.2, -0.15) is 0 Å². The van der Waals surface area contributed by atoms with Crippen molar-refractivity contribution in [1.29, 1.82) is 0 Å². The smallest absolute Gasteiger partial charge is 0.222 e. The first-order valence-electron chi connectivity index (χ1n) is 11.1. The van der Waals surface area contributed by atoms with E-state index in [9.17, 15) is 9.59 Å². The summed E-state index contributed by atoms with van der Waals surface area (Å²) in [5.41, 5.74) is 4.13. The average molecular weight is 431 g/mol. The predicted molar refractivity (Wildman–Crippen MR) is 125 cm³/mol. The number of H-pyrrole nitrogens is 1. The van der Waals surface area contributed by atoms with Gasteiger partial charge in [-0.05, 0) is 42.9 Å². The van der Waals surface area contributed by atoms with E-state index < -0.39 is 0 Å². The van der Waals surface area contributed by atoms with Crippen LogP contribution in [0, 0.1) is 6.92 Å². The van der Waals surface area contributed by atoms with E-state index in [1.54, 1.807) is 18.1 Å². The van der Waals surface area contributed by atoms with Crippen molar-refractivity contribution < 1.29 is 9.59 Å². The second-order valence-corrected chi connectivity index (χ2v) is 8.83. The Morgan fingerprint density at radius 2 is 1.81 bits per heavy atom. The van der Waals surface area contributed by atoms with E-state index in [-0.39, 0.29) is 17.4 Å². The maximum Gasteiger partial charge on any atom is 0.222 e.